The van der Waals surface area contributed by atoms with E-state index >= 15 is 0 Å². The first-order valence-corrected chi connectivity index (χ1v) is 11.1. The van der Waals surface area contributed by atoms with E-state index in [0.717, 1.165) is 36.7 Å². The van der Waals surface area contributed by atoms with Crippen molar-refractivity contribution in [2.45, 2.75) is 38.4 Å². The zero-order chi connectivity index (χ0) is 22.3. The summed E-state index contributed by atoms with van der Waals surface area (Å²) in [4.78, 5) is 11.4. The fraction of sp³-hybridized carbons (Fsp3) is 0.360. The Labute approximate surface area is 188 Å². The van der Waals surface area contributed by atoms with Gasteiger partial charge in [0.1, 0.15) is 12.1 Å². The van der Waals surface area contributed by atoms with Crippen LogP contribution in [0.25, 0.3) is 11.5 Å². The lowest BCUT2D eigenvalue weighted by atomic mass is 10.2. The number of benzene rings is 2. The largest absolute Gasteiger partial charge is 0.444 e. The van der Waals surface area contributed by atoms with Crippen molar-refractivity contribution in [3.8, 4) is 11.5 Å². The first-order chi connectivity index (χ1) is 15.6. The summed E-state index contributed by atoms with van der Waals surface area (Å²) in [5.41, 5.74) is 2.95. The Morgan fingerprint density at radius 1 is 1.19 bits per heavy atom. The molecule has 4 rings (SSSR count). The Kier molecular flexibility index (Phi) is 7.17. The summed E-state index contributed by atoms with van der Waals surface area (Å²) in [5, 5.41) is 6.92. The number of halogens is 1. The number of aliphatic imine (C=N–C) groups is 1. The van der Waals surface area contributed by atoms with Gasteiger partial charge in [0.2, 0.25) is 5.89 Å². The van der Waals surface area contributed by atoms with Gasteiger partial charge in [0, 0.05) is 50.7 Å². The average molecular weight is 436 g/mol. The van der Waals surface area contributed by atoms with Crippen LogP contribution in [0.4, 0.5) is 4.39 Å². The van der Waals surface area contributed by atoms with Crippen LogP contribution in [0.2, 0.25) is 0 Å². The molecule has 2 aromatic carbocycles. The third kappa shape index (κ3) is 5.73. The maximum atomic E-state index is 13.1. The Morgan fingerprint density at radius 2 is 1.97 bits per heavy atom. The van der Waals surface area contributed by atoms with Crippen LogP contribution in [-0.2, 0) is 13.0 Å². The van der Waals surface area contributed by atoms with Crippen molar-refractivity contribution < 1.29 is 8.81 Å². The van der Waals surface area contributed by atoms with Gasteiger partial charge in [-0.15, -0.1) is 0 Å². The molecule has 32 heavy (non-hydrogen) atoms. The normalized spacial score (nSPS) is 19.3. The fourth-order valence-corrected chi connectivity index (χ4v) is 4.09. The number of nitrogens with one attached hydrogen (secondary N) is 2. The van der Waals surface area contributed by atoms with Crippen molar-refractivity contribution in [1.29, 1.82) is 0 Å². The van der Waals surface area contributed by atoms with Gasteiger partial charge < -0.3 is 15.1 Å². The number of aromatic nitrogens is 1. The van der Waals surface area contributed by atoms with Crippen LogP contribution < -0.4 is 10.6 Å². The number of nitrogens with zero attached hydrogens (tertiary/aromatic N) is 3. The van der Waals surface area contributed by atoms with Crippen molar-refractivity contribution in [3.05, 3.63) is 77.9 Å². The van der Waals surface area contributed by atoms with E-state index in [1.807, 2.05) is 0 Å². The topological polar surface area (TPSA) is 65.7 Å². The van der Waals surface area contributed by atoms with Gasteiger partial charge in [-0.2, -0.15) is 0 Å². The first kappa shape index (κ1) is 22.0. The highest BCUT2D eigenvalue weighted by Gasteiger charge is 2.29. The van der Waals surface area contributed by atoms with E-state index in [-0.39, 0.29) is 5.82 Å². The van der Waals surface area contributed by atoms with Crippen molar-refractivity contribution in [2.75, 3.05) is 20.1 Å². The number of rotatable bonds is 7. The molecule has 7 heteroatoms. The highest BCUT2D eigenvalue weighted by atomic mass is 19.1. The number of hydrogen-bond donors (Lipinski definition) is 2. The quantitative estimate of drug-likeness (QED) is 0.436. The monoisotopic (exact) mass is 435 g/mol. The predicted octanol–water partition coefficient (Wildman–Crippen LogP) is 3.85. The van der Waals surface area contributed by atoms with E-state index < -0.39 is 0 Å². The zero-order valence-corrected chi connectivity index (χ0v) is 18.6. The minimum absolute atomic E-state index is 0.275. The van der Waals surface area contributed by atoms with Gasteiger partial charge in [-0.25, -0.2) is 9.37 Å². The van der Waals surface area contributed by atoms with Crippen LogP contribution in [0.3, 0.4) is 0 Å². The van der Waals surface area contributed by atoms with Crippen molar-refractivity contribution in [3.63, 3.8) is 0 Å². The van der Waals surface area contributed by atoms with E-state index in [1.54, 1.807) is 25.4 Å². The lowest BCUT2D eigenvalue weighted by molar-refractivity contribution is 0.258. The van der Waals surface area contributed by atoms with Gasteiger partial charge in [0.15, 0.2) is 5.96 Å². The molecule has 0 amide bonds. The summed E-state index contributed by atoms with van der Waals surface area (Å²) in [6.07, 6.45) is 3.43. The highest BCUT2D eigenvalue weighted by Crippen LogP contribution is 2.21. The van der Waals surface area contributed by atoms with Gasteiger partial charge >= 0.3 is 0 Å². The van der Waals surface area contributed by atoms with E-state index in [9.17, 15) is 4.39 Å². The van der Waals surface area contributed by atoms with Crippen LogP contribution in [0.5, 0.6) is 0 Å². The number of guanidine groups is 1. The molecule has 0 spiro atoms. The Morgan fingerprint density at radius 3 is 2.72 bits per heavy atom. The van der Waals surface area contributed by atoms with Crippen molar-refractivity contribution in [1.82, 2.24) is 20.5 Å². The summed E-state index contributed by atoms with van der Waals surface area (Å²) in [6.45, 7) is 4.92. The summed E-state index contributed by atoms with van der Waals surface area (Å²) < 4.78 is 18.6. The highest BCUT2D eigenvalue weighted by molar-refractivity contribution is 5.80. The first-order valence-electron chi connectivity index (χ1n) is 11.1. The fourth-order valence-electron chi connectivity index (χ4n) is 4.09. The second-order valence-corrected chi connectivity index (χ2v) is 8.24. The molecule has 2 heterocycles. The third-order valence-electron chi connectivity index (χ3n) is 5.81. The van der Waals surface area contributed by atoms with Gasteiger partial charge in [-0.05, 0) is 43.2 Å². The van der Waals surface area contributed by atoms with Crippen molar-refractivity contribution in [2.24, 2.45) is 4.99 Å². The van der Waals surface area contributed by atoms with E-state index in [4.69, 9.17) is 4.42 Å². The van der Waals surface area contributed by atoms with Gasteiger partial charge in [0.05, 0.1) is 5.69 Å². The van der Waals surface area contributed by atoms with Crippen LogP contribution in [0.15, 0.2) is 70.3 Å². The molecule has 1 aliphatic rings. The molecule has 1 aliphatic heterocycles. The molecule has 6 nitrogen and oxygen atoms in total. The SMILES string of the molecule is CN=C(NCCc1coc(-c2ccc(F)cc2)n1)NC1CC(C)N(Cc2ccccc2)C1. The molecular formula is C25H30FN5O. The molecule has 0 bridgehead atoms. The maximum absolute atomic E-state index is 13.1. The minimum Gasteiger partial charge on any atom is -0.444 e. The molecular weight excluding hydrogens is 405 g/mol. The average Bonchev–Trinajstić information content (AvgIpc) is 3.41. The molecule has 168 valence electrons. The van der Waals surface area contributed by atoms with Gasteiger partial charge in [0.25, 0.3) is 0 Å². The number of oxazole rings is 1. The van der Waals surface area contributed by atoms with E-state index in [0.29, 0.717) is 30.9 Å². The van der Waals surface area contributed by atoms with Crippen LogP contribution in [0.1, 0.15) is 24.6 Å². The lowest BCUT2D eigenvalue weighted by Crippen LogP contribution is -2.45. The Balaban J connectivity index is 1.24. The Hall–Kier alpha value is -3.19. The smallest absolute Gasteiger partial charge is 0.226 e. The van der Waals surface area contributed by atoms with Crippen molar-refractivity contribution >= 4 is 5.96 Å². The predicted molar refractivity (Wildman–Crippen MR) is 125 cm³/mol. The van der Waals surface area contributed by atoms with E-state index in [2.05, 4.69) is 62.8 Å². The van der Waals surface area contributed by atoms with Crippen LogP contribution >= 0.6 is 0 Å². The second-order valence-electron chi connectivity index (χ2n) is 8.24. The van der Waals surface area contributed by atoms with Crippen LogP contribution in [0, 0.1) is 5.82 Å². The molecule has 0 saturated carbocycles. The molecule has 1 fully saturated rings. The summed E-state index contributed by atoms with van der Waals surface area (Å²) >= 11 is 0. The summed E-state index contributed by atoms with van der Waals surface area (Å²) in [5.74, 6) is 1.02. The molecule has 1 aromatic heterocycles. The maximum Gasteiger partial charge on any atom is 0.226 e. The standard InChI is InChI=1S/C25H30FN5O/c1-18-14-23(16-31(18)15-19-6-4-3-5-7-19)30-25(27-2)28-13-12-22-17-32-24(29-22)20-8-10-21(26)11-9-20/h3-11,17-18,23H,12-16H2,1-2H3,(H2,27,28,30). The van der Waals surface area contributed by atoms with Gasteiger partial charge in [-0.3, -0.25) is 9.89 Å². The molecule has 1 saturated heterocycles. The molecule has 0 radical (unpaired) electrons. The summed E-state index contributed by atoms with van der Waals surface area (Å²) in [6, 6.07) is 17.6. The zero-order valence-electron chi connectivity index (χ0n) is 18.6. The number of hydrogen-bond acceptors (Lipinski definition) is 4. The van der Waals surface area contributed by atoms with Crippen LogP contribution in [-0.4, -0.2) is 48.1 Å². The summed E-state index contributed by atoms with van der Waals surface area (Å²) in [7, 11) is 1.79. The molecule has 2 atom stereocenters. The Bertz CT molecular complexity index is 1020. The minimum atomic E-state index is -0.275. The third-order valence-corrected chi connectivity index (χ3v) is 5.81. The number of likely N-dealkylation sites (tertiary alicyclic amines) is 1. The van der Waals surface area contributed by atoms with Gasteiger partial charge in [-0.1, -0.05) is 30.3 Å². The van der Waals surface area contributed by atoms with E-state index in [1.165, 1.54) is 17.7 Å². The molecule has 2 N–H and O–H groups in total. The lowest BCUT2D eigenvalue weighted by Gasteiger charge is -2.21. The molecule has 3 aromatic rings. The molecule has 0 aliphatic carbocycles. The second kappa shape index (κ2) is 10.4. The molecule has 2 unspecified atom stereocenters.